The zero-order valence-electron chi connectivity index (χ0n) is 9.63. The highest BCUT2D eigenvalue weighted by Gasteiger charge is 1.96. The van der Waals surface area contributed by atoms with Crippen molar-refractivity contribution in [3.8, 4) is 0 Å². The van der Waals surface area contributed by atoms with Crippen LogP contribution in [0.4, 0.5) is 0 Å². The second-order valence-corrected chi connectivity index (χ2v) is 4.25. The van der Waals surface area contributed by atoms with Crippen molar-refractivity contribution in [1.82, 2.24) is 5.32 Å². The summed E-state index contributed by atoms with van der Waals surface area (Å²) in [5.41, 5.74) is 2.47. The fraction of sp³-hybridized carbons (Fsp3) is 0.462. The standard InChI is InChI=1S/C13H18ClNO/c1-11(16)15-10-13-7-5-12(6-8-13)4-2-3-9-14/h5-8H,2-4,9-10H2,1H3,(H,15,16). The van der Waals surface area contributed by atoms with E-state index in [1.54, 1.807) is 0 Å². The van der Waals surface area contributed by atoms with Gasteiger partial charge in [-0.2, -0.15) is 0 Å². The third-order valence-electron chi connectivity index (χ3n) is 2.41. The normalized spacial score (nSPS) is 10.1. The molecular formula is C13H18ClNO. The Kier molecular flexibility index (Phi) is 5.94. The number of hydrogen-bond acceptors (Lipinski definition) is 1. The Morgan fingerprint density at radius 2 is 1.81 bits per heavy atom. The van der Waals surface area contributed by atoms with Crippen LogP contribution in [0.5, 0.6) is 0 Å². The van der Waals surface area contributed by atoms with Gasteiger partial charge >= 0.3 is 0 Å². The van der Waals surface area contributed by atoms with Gasteiger partial charge < -0.3 is 5.32 Å². The summed E-state index contributed by atoms with van der Waals surface area (Å²) in [6, 6.07) is 8.36. The van der Waals surface area contributed by atoms with Gasteiger partial charge in [-0.15, -0.1) is 11.6 Å². The molecule has 0 saturated heterocycles. The minimum atomic E-state index is 0.00573. The molecule has 0 radical (unpaired) electrons. The molecule has 1 N–H and O–H groups in total. The zero-order valence-corrected chi connectivity index (χ0v) is 10.4. The van der Waals surface area contributed by atoms with E-state index in [0.717, 1.165) is 30.7 Å². The molecule has 2 nitrogen and oxygen atoms in total. The molecule has 0 heterocycles. The monoisotopic (exact) mass is 239 g/mol. The van der Waals surface area contributed by atoms with Gasteiger partial charge in [0.1, 0.15) is 0 Å². The van der Waals surface area contributed by atoms with Gasteiger partial charge in [0.25, 0.3) is 0 Å². The van der Waals surface area contributed by atoms with E-state index in [4.69, 9.17) is 11.6 Å². The Bertz CT molecular complexity index is 321. The first-order chi connectivity index (χ1) is 7.72. The van der Waals surface area contributed by atoms with Gasteiger partial charge in [-0.25, -0.2) is 0 Å². The maximum absolute atomic E-state index is 10.7. The molecule has 0 spiro atoms. The van der Waals surface area contributed by atoms with Crippen molar-refractivity contribution in [2.75, 3.05) is 5.88 Å². The zero-order chi connectivity index (χ0) is 11.8. The first-order valence-corrected chi connectivity index (χ1v) is 6.14. The number of unbranched alkanes of at least 4 members (excludes halogenated alkanes) is 1. The second kappa shape index (κ2) is 7.29. The number of rotatable bonds is 6. The van der Waals surface area contributed by atoms with Crippen LogP contribution in [0, 0.1) is 0 Å². The molecule has 0 aliphatic rings. The minimum absolute atomic E-state index is 0.00573. The maximum Gasteiger partial charge on any atom is 0.217 e. The fourth-order valence-corrected chi connectivity index (χ4v) is 1.66. The highest BCUT2D eigenvalue weighted by Crippen LogP contribution is 2.08. The molecule has 88 valence electrons. The molecule has 0 bridgehead atoms. The molecule has 0 saturated carbocycles. The van der Waals surface area contributed by atoms with E-state index in [-0.39, 0.29) is 5.91 Å². The number of amides is 1. The molecule has 1 rings (SSSR count). The van der Waals surface area contributed by atoms with E-state index < -0.39 is 0 Å². The quantitative estimate of drug-likeness (QED) is 0.600. The van der Waals surface area contributed by atoms with Crippen LogP contribution < -0.4 is 5.32 Å². The van der Waals surface area contributed by atoms with Crippen LogP contribution in [0.2, 0.25) is 0 Å². The Morgan fingerprint density at radius 3 is 2.38 bits per heavy atom. The fourth-order valence-electron chi connectivity index (χ4n) is 1.47. The molecule has 0 unspecified atom stereocenters. The predicted molar refractivity (Wildman–Crippen MR) is 67.6 cm³/mol. The van der Waals surface area contributed by atoms with Crippen molar-refractivity contribution < 1.29 is 4.79 Å². The number of aryl methyl sites for hydroxylation is 1. The minimum Gasteiger partial charge on any atom is -0.352 e. The van der Waals surface area contributed by atoms with E-state index in [9.17, 15) is 4.79 Å². The van der Waals surface area contributed by atoms with E-state index in [1.807, 2.05) is 0 Å². The lowest BCUT2D eigenvalue weighted by Gasteiger charge is -2.04. The highest BCUT2D eigenvalue weighted by atomic mass is 35.5. The molecule has 0 fully saturated rings. The number of benzene rings is 1. The average molecular weight is 240 g/mol. The number of halogens is 1. The average Bonchev–Trinajstić information content (AvgIpc) is 2.28. The Hall–Kier alpha value is -1.02. The summed E-state index contributed by atoms with van der Waals surface area (Å²) in [5.74, 6) is 0.742. The molecule has 1 amide bonds. The van der Waals surface area contributed by atoms with Crippen LogP contribution in [0.3, 0.4) is 0 Å². The van der Waals surface area contributed by atoms with Crippen molar-refractivity contribution >= 4 is 17.5 Å². The third-order valence-corrected chi connectivity index (χ3v) is 2.68. The molecule has 16 heavy (non-hydrogen) atoms. The van der Waals surface area contributed by atoms with Gasteiger partial charge in [0.05, 0.1) is 0 Å². The van der Waals surface area contributed by atoms with Gasteiger partial charge in [-0.05, 0) is 30.4 Å². The van der Waals surface area contributed by atoms with Crippen LogP contribution >= 0.6 is 11.6 Å². The van der Waals surface area contributed by atoms with Crippen molar-refractivity contribution in [2.45, 2.75) is 32.7 Å². The summed E-state index contributed by atoms with van der Waals surface area (Å²) >= 11 is 5.62. The number of carbonyl (C=O) groups is 1. The first kappa shape index (κ1) is 13.0. The van der Waals surface area contributed by atoms with Gasteiger partial charge in [-0.3, -0.25) is 4.79 Å². The Balaban J connectivity index is 2.38. The number of alkyl halides is 1. The lowest BCUT2D eigenvalue weighted by Crippen LogP contribution is -2.18. The number of carbonyl (C=O) groups excluding carboxylic acids is 1. The summed E-state index contributed by atoms with van der Waals surface area (Å²) < 4.78 is 0. The van der Waals surface area contributed by atoms with Gasteiger partial charge in [0.2, 0.25) is 5.91 Å². The third kappa shape index (κ3) is 5.17. The lowest BCUT2D eigenvalue weighted by atomic mass is 10.1. The van der Waals surface area contributed by atoms with Crippen LogP contribution in [-0.4, -0.2) is 11.8 Å². The summed E-state index contributed by atoms with van der Waals surface area (Å²) in [4.78, 5) is 10.7. The van der Waals surface area contributed by atoms with Gasteiger partial charge in [0.15, 0.2) is 0 Å². The van der Waals surface area contributed by atoms with Crippen LogP contribution in [0.1, 0.15) is 30.9 Å². The molecule has 1 aromatic carbocycles. The predicted octanol–water partition coefficient (Wildman–Crippen LogP) is 2.88. The lowest BCUT2D eigenvalue weighted by molar-refractivity contribution is -0.119. The largest absolute Gasteiger partial charge is 0.352 e. The summed E-state index contributed by atoms with van der Waals surface area (Å²) in [5, 5.41) is 2.78. The smallest absolute Gasteiger partial charge is 0.217 e. The van der Waals surface area contributed by atoms with Gasteiger partial charge in [0, 0.05) is 19.3 Å². The molecule has 0 aliphatic carbocycles. The number of nitrogens with one attached hydrogen (secondary N) is 1. The maximum atomic E-state index is 10.7. The number of hydrogen-bond donors (Lipinski definition) is 1. The van der Waals surface area contributed by atoms with Crippen LogP contribution in [0.25, 0.3) is 0 Å². The van der Waals surface area contributed by atoms with Crippen molar-refractivity contribution in [2.24, 2.45) is 0 Å². The van der Waals surface area contributed by atoms with Crippen molar-refractivity contribution in [3.05, 3.63) is 35.4 Å². The van der Waals surface area contributed by atoms with Crippen molar-refractivity contribution in [3.63, 3.8) is 0 Å². The molecule has 0 aromatic heterocycles. The molecule has 3 heteroatoms. The van der Waals surface area contributed by atoms with Crippen LogP contribution in [0.15, 0.2) is 24.3 Å². The van der Waals surface area contributed by atoms with Gasteiger partial charge in [-0.1, -0.05) is 24.3 Å². The van der Waals surface area contributed by atoms with Crippen molar-refractivity contribution in [1.29, 1.82) is 0 Å². The molecule has 1 aromatic rings. The van der Waals surface area contributed by atoms with E-state index in [0.29, 0.717) is 6.54 Å². The topological polar surface area (TPSA) is 29.1 Å². The Morgan fingerprint density at radius 1 is 1.19 bits per heavy atom. The van der Waals surface area contributed by atoms with E-state index in [1.165, 1.54) is 12.5 Å². The summed E-state index contributed by atoms with van der Waals surface area (Å²) in [6.07, 6.45) is 3.27. The first-order valence-electron chi connectivity index (χ1n) is 5.60. The molecular weight excluding hydrogens is 222 g/mol. The van der Waals surface area contributed by atoms with E-state index >= 15 is 0 Å². The molecule has 0 atom stereocenters. The van der Waals surface area contributed by atoms with E-state index in [2.05, 4.69) is 29.6 Å². The second-order valence-electron chi connectivity index (χ2n) is 3.87. The Labute approximate surface area is 102 Å². The SMILES string of the molecule is CC(=O)NCc1ccc(CCCCCl)cc1. The summed E-state index contributed by atoms with van der Waals surface area (Å²) in [7, 11) is 0. The van der Waals surface area contributed by atoms with Crippen LogP contribution in [-0.2, 0) is 17.8 Å². The highest BCUT2D eigenvalue weighted by molar-refractivity contribution is 6.17. The summed E-state index contributed by atoms with van der Waals surface area (Å²) in [6.45, 7) is 2.14. The molecule has 0 aliphatic heterocycles.